The Hall–Kier alpha value is -2.89. The van der Waals surface area contributed by atoms with Crippen molar-refractivity contribution < 1.29 is 18.7 Å². The quantitative estimate of drug-likeness (QED) is 0.687. The number of ether oxygens (including phenoxy) is 1. The molecule has 0 spiro atoms. The summed E-state index contributed by atoms with van der Waals surface area (Å²) in [6, 6.07) is 13.1. The van der Waals surface area contributed by atoms with Crippen molar-refractivity contribution in [2.75, 3.05) is 20.2 Å². The number of hydrogen-bond acceptors (Lipinski definition) is 3. The number of nitrogens with one attached hydrogen (secondary N) is 1. The number of likely N-dealkylation sites (N-methyl/N-ethyl adjacent to an activating group) is 1. The van der Waals surface area contributed by atoms with Crippen molar-refractivity contribution in [3.05, 3.63) is 65.5 Å². The molecule has 6 heteroatoms. The van der Waals surface area contributed by atoms with E-state index in [4.69, 9.17) is 4.74 Å². The summed E-state index contributed by atoms with van der Waals surface area (Å²) in [6.07, 6.45) is 2.03. The van der Waals surface area contributed by atoms with Gasteiger partial charge in [-0.25, -0.2) is 4.39 Å². The molecule has 0 aliphatic heterocycles. The maximum Gasteiger partial charge on any atom is 0.251 e. The summed E-state index contributed by atoms with van der Waals surface area (Å²) in [5.41, 5.74) is 0.876. The van der Waals surface area contributed by atoms with Crippen LogP contribution in [-0.2, 0) is 11.3 Å². The zero-order valence-electron chi connectivity index (χ0n) is 15.7. The lowest BCUT2D eigenvalue weighted by atomic mass is 10.2. The summed E-state index contributed by atoms with van der Waals surface area (Å²) in [5.74, 6) is -0.294. The predicted molar refractivity (Wildman–Crippen MR) is 102 cm³/mol. The minimum atomic E-state index is -0.359. The molecule has 0 heterocycles. The SMILES string of the molecule is CCCCOc1ccc(C(=O)NCC(=O)N(C)Cc2ccccc2F)cc1. The average molecular weight is 372 g/mol. The minimum absolute atomic E-state index is 0.144. The topological polar surface area (TPSA) is 58.6 Å². The van der Waals surface area contributed by atoms with E-state index in [-0.39, 0.29) is 30.7 Å². The molecule has 1 N–H and O–H groups in total. The van der Waals surface area contributed by atoms with Gasteiger partial charge in [-0.1, -0.05) is 31.5 Å². The largest absolute Gasteiger partial charge is 0.494 e. The van der Waals surface area contributed by atoms with Gasteiger partial charge >= 0.3 is 0 Å². The molecular weight excluding hydrogens is 347 g/mol. The Labute approximate surface area is 159 Å². The molecule has 0 fully saturated rings. The van der Waals surface area contributed by atoms with Crippen molar-refractivity contribution in [1.29, 1.82) is 0 Å². The molecule has 27 heavy (non-hydrogen) atoms. The van der Waals surface area contributed by atoms with Crippen LogP contribution in [0.2, 0.25) is 0 Å². The van der Waals surface area contributed by atoms with Crippen LogP contribution in [0.1, 0.15) is 35.7 Å². The first-order chi connectivity index (χ1) is 13.0. The third-order valence-corrected chi connectivity index (χ3v) is 4.07. The van der Waals surface area contributed by atoms with Gasteiger partial charge in [0.05, 0.1) is 13.2 Å². The highest BCUT2D eigenvalue weighted by Crippen LogP contribution is 2.13. The molecule has 2 amide bonds. The Morgan fingerprint density at radius 2 is 1.81 bits per heavy atom. The molecule has 144 valence electrons. The second-order valence-corrected chi connectivity index (χ2v) is 6.25. The van der Waals surface area contributed by atoms with Gasteiger partial charge in [0.1, 0.15) is 11.6 Å². The number of carbonyl (C=O) groups is 2. The minimum Gasteiger partial charge on any atom is -0.494 e. The van der Waals surface area contributed by atoms with Gasteiger partial charge in [0, 0.05) is 24.7 Å². The van der Waals surface area contributed by atoms with Crippen LogP contribution < -0.4 is 10.1 Å². The first-order valence-corrected chi connectivity index (χ1v) is 8.99. The summed E-state index contributed by atoms with van der Waals surface area (Å²) in [7, 11) is 1.57. The van der Waals surface area contributed by atoms with E-state index in [1.165, 1.54) is 11.0 Å². The Bertz CT molecular complexity index is 762. The highest BCUT2D eigenvalue weighted by molar-refractivity contribution is 5.96. The summed E-state index contributed by atoms with van der Waals surface area (Å²) < 4.78 is 19.2. The first kappa shape index (κ1) is 20.4. The van der Waals surface area contributed by atoms with Crippen LogP contribution in [0.15, 0.2) is 48.5 Å². The number of hydrogen-bond donors (Lipinski definition) is 1. The molecule has 5 nitrogen and oxygen atoms in total. The molecule has 0 saturated carbocycles. The zero-order valence-corrected chi connectivity index (χ0v) is 15.7. The second-order valence-electron chi connectivity index (χ2n) is 6.25. The van der Waals surface area contributed by atoms with E-state index in [0.29, 0.717) is 23.5 Å². The monoisotopic (exact) mass is 372 g/mol. The number of rotatable bonds is 9. The van der Waals surface area contributed by atoms with E-state index in [1.807, 2.05) is 0 Å². The molecule has 0 atom stereocenters. The van der Waals surface area contributed by atoms with E-state index in [9.17, 15) is 14.0 Å². The van der Waals surface area contributed by atoms with Crippen molar-refractivity contribution >= 4 is 11.8 Å². The van der Waals surface area contributed by atoms with Gasteiger partial charge in [-0.2, -0.15) is 0 Å². The number of halogens is 1. The lowest BCUT2D eigenvalue weighted by Crippen LogP contribution is -2.37. The maximum absolute atomic E-state index is 13.7. The molecular formula is C21H25FN2O3. The lowest BCUT2D eigenvalue weighted by molar-refractivity contribution is -0.129. The van der Waals surface area contributed by atoms with Crippen LogP contribution in [0.3, 0.4) is 0 Å². The van der Waals surface area contributed by atoms with Crippen LogP contribution in [0.4, 0.5) is 4.39 Å². The molecule has 0 aliphatic rings. The number of nitrogens with zero attached hydrogens (tertiary/aromatic N) is 1. The lowest BCUT2D eigenvalue weighted by Gasteiger charge is -2.18. The number of carbonyl (C=O) groups excluding carboxylic acids is 2. The Morgan fingerprint density at radius 1 is 1.11 bits per heavy atom. The molecule has 2 aromatic rings. The van der Waals surface area contributed by atoms with Gasteiger partial charge in [-0.3, -0.25) is 9.59 Å². The van der Waals surface area contributed by atoms with E-state index in [2.05, 4.69) is 12.2 Å². The normalized spacial score (nSPS) is 10.3. The standard InChI is InChI=1S/C21H25FN2O3/c1-3-4-13-27-18-11-9-16(10-12-18)21(26)23-14-20(25)24(2)15-17-7-5-6-8-19(17)22/h5-12H,3-4,13-15H2,1-2H3,(H,23,26). The average Bonchev–Trinajstić information content (AvgIpc) is 2.68. The fraction of sp³-hybridized carbons (Fsp3) is 0.333. The van der Waals surface area contributed by atoms with Gasteiger partial charge < -0.3 is 15.0 Å². The Kier molecular flexibility index (Phi) is 7.79. The summed E-state index contributed by atoms with van der Waals surface area (Å²) in [5, 5.41) is 2.59. The van der Waals surface area contributed by atoms with Crippen LogP contribution in [-0.4, -0.2) is 36.9 Å². The molecule has 0 aliphatic carbocycles. The third-order valence-electron chi connectivity index (χ3n) is 4.07. The van der Waals surface area contributed by atoms with Crippen molar-refractivity contribution in [3.63, 3.8) is 0 Å². The molecule has 0 saturated heterocycles. The number of benzene rings is 2. The van der Waals surface area contributed by atoms with Crippen molar-refractivity contribution in [3.8, 4) is 5.75 Å². The Balaban J connectivity index is 1.81. The number of unbranched alkanes of at least 4 members (excludes halogenated alkanes) is 1. The molecule has 0 unspecified atom stereocenters. The molecule has 0 bridgehead atoms. The van der Waals surface area contributed by atoms with Gasteiger partial charge in [0.2, 0.25) is 5.91 Å². The summed E-state index contributed by atoms with van der Waals surface area (Å²) in [4.78, 5) is 25.7. The first-order valence-electron chi connectivity index (χ1n) is 8.99. The maximum atomic E-state index is 13.7. The van der Waals surface area contributed by atoms with E-state index < -0.39 is 0 Å². The van der Waals surface area contributed by atoms with Gasteiger partial charge in [0.15, 0.2) is 0 Å². The van der Waals surface area contributed by atoms with E-state index in [0.717, 1.165) is 12.8 Å². The predicted octanol–water partition coefficient (Wildman–Crippen LogP) is 3.39. The number of amides is 2. The van der Waals surface area contributed by atoms with Crippen LogP contribution >= 0.6 is 0 Å². The van der Waals surface area contributed by atoms with Crippen LogP contribution in [0.5, 0.6) is 5.75 Å². The van der Waals surface area contributed by atoms with E-state index >= 15 is 0 Å². The Morgan fingerprint density at radius 3 is 2.48 bits per heavy atom. The smallest absolute Gasteiger partial charge is 0.251 e. The second kappa shape index (κ2) is 10.3. The highest BCUT2D eigenvalue weighted by atomic mass is 19.1. The van der Waals surface area contributed by atoms with Crippen LogP contribution in [0, 0.1) is 5.82 Å². The third kappa shape index (κ3) is 6.40. The van der Waals surface area contributed by atoms with Crippen molar-refractivity contribution in [1.82, 2.24) is 10.2 Å². The molecule has 0 aromatic heterocycles. The molecule has 2 rings (SSSR count). The van der Waals surface area contributed by atoms with Gasteiger partial charge in [-0.15, -0.1) is 0 Å². The fourth-order valence-electron chi connectivity index (χ4n) is 2.40. The molecule has 2 aromatic carbocycles. The summed E-state index contributed by atoms with van der Waals surface area (Å²) >= 11 is 0. The van der Waals surface area contributed by atoms with Crippen molar-refractivity contribution in [2.45, 2.75) is 26.3 Å². The summed E-state index contributed by atoms with van der Waals surface area (Å²) in [6.45, 7) is 2.72. The highest BCUT2D eigenvalue weighted by Gasteiger charge is 2.13. The van der Waals surface area contributed by atoms with E-state index in [1.54, 1.807) is 49.5 Å². The van der Waals surface area contributed by atoms with Gasteiger partial charge in [-0.05, 0) is 36.8 Å². The molecule has 0 radical (unpaired) electrons. The van der Waals surface area contributed by atoms with Crippen molar-refractivity contribution in [2.24, 2.45) is 0 Å². The zero-order chi connectivity index (χ0) is 19.6. The fourth-order valence-corrected chi connectivity index (χ4v) is 2.40. The van der Waals surface area contributed by atoms with Gasteiger partial charge in [0.25, 0.3) is 5.91 Å². The van der Waals surface area contributed by atoms with Crippen LogP contribution in [0.25, 0.3) is 0 Å².